The number of fused-ring (bicyclic) bond motifs is 1. The molecule has 0 amide bonds. The maximum atomic E-state index is 3.94. The van der Waals surface area contributed by atoms with Crippen molar-refractivity contribution in [3.63, 3.8) is 0 Å². The minimum atomic E-state index is 1.05. The molecule has 1 aromatic rings. The van der Waals surface area contributed by atoms with Crippen molar-refractivity contribution < 1.29 is 0 Å². The van der Waals surface area contributed by atoms with E-state index >= 15 is 0 Å². The molecule has 0 aliphatic carbocycles. The van der Waals surface area contributed by atoms with Gasteiger partial charge in [-0.1, -0.05) is 0 Å². The minimum absolute atomic E-state index is 1.05. The third-order valence-electron chi connectivity index (χ3n) is 1.37. The Hall–Kier alpha value is -0.790. The highest BCUT2D eigenvalue weighted by Crippen LogP contribution is 2.13. The quantitative estimate of drug-likeness (QED) is 0.476. The van der Waals surface area contributed by atoms with E-state index < -0.39 is 0 Å². The molecule has 0 unspecified atom stereocenters. The molecule has 2 rings (SSSR count). The Balaban J connectivity index is 2.54. The second-order valence-corrected chi connectivity index (χ2v) is 1.90. The van der Waals surface area contributed by atoms with Gasteiger partial charge in [0, 0.05) is 24.9 Å². The summed E-state index contributed by atoms with van der Waals surface area (Å²) in [6.07, 6.45) is 7.92. The van der Waals surface area contributed by atoms with E-state index in [1.165, 1.54) is 0 Å². The number of hydrogen-bond donors (Lipinski definition) is 0. The lowest BCUT2D eigenvalue weighted by Crippen LogP contribution is -1.86. The van der Waals surface area contributed by atoms with E-state index in [9.17, 15) is 0 Å². The average Bonchev–Trinajstić information content (AvgIpc) is 2.15. The van der Waals surface area contributed by atoms with Crippen LogP contribution in [0.5, 0.6) is 0 Å². The number of imidazole rings is 1. The van der Waals surface area contributed by atoms with Gasteiger partial charge in [-0.3, -0.25) is 0 Å². The molecule has 0 N–H and O–H groups in total. The Morgan fingerprint density at radius 2 is 2.75 bits per heavy atom. The van der Waals surface area contributed by atoms with E-state index in [4.69, 9.17) is 0 Å². The molecule has 1 aliphatic rings. The lowest BCUT2D eigenvalue weighted by Gasteiger charge is -1.87. The Morgan fingerprint density at radius 3 is 3.62 bits per heavy atom. The Morgan fingerprint density at radius 1 is 1.75 bits per heavy atom. The molecule has 1 aromatic heterocycles. The molecule has 0 aromatic carbocycles. The van der Waals surface area contributed by atoms with Crippen LogP contribution in [0.3, 0.4) is 0 Å². The van der Waals surface area contributed by atoms with E-state index in [0.29, 0.717) is 0 Å². The molecule has 0 saturated carbocycles. The van der Waals surface area contributed by atoms with Crippen molar-refractivity contribution in [1.82, 2.24) is 9.55 Å². The summed E-state index contributed by atoms with van der Waals surface area (Å²) in [4.78, 5) is 3.94. The fourth-order valence-corrected chi connectivity index (χ4v) is 0.951. The molecule has 2 heteroatoms. The van der Waals surface area contributed by atoms with Gasteiger partial charge in [0.15, 0.2) is 0 Å². The molecule has 2 nitrogen and oxygen atoms in total. The summed E-state index contributed by atoms with van der Waals surface area (Å²) >= 11 is 0. The van der Waals surface area contributed by atoms with E-state index in [-0.39, 0.29) is 0 Å². The molecule has 2 heterocycles. The standard InChI is InChI=1S/C6H6N2/c1-2-6-4-7-5-8(6)3-1/h4-5H,1,3H2. The largest absolute Gasteiger partial charge is 0.334 e. The van der Waals surface area contributed by atoms with Gasteiger partial charge < -0.3 is 4.57 Å². The van der Waals surface area contributed by atoms with Gasteiger partial charge in [0.2, 0.25) is 0 Å². The molecule has 0 fully saturated rings. The van der Waals surface area contributed by atoms with Crippen LogP contribution in [0.2, 0.25) is 0 Å². The smallest absolute Gasteiger partial charge is 0.0948 e. The zero-order valence-corrected chi connectivity index (χ0v) is 4.46. The van der Waals surface area contributed by atoms with Crippen molar-refractivity contribution in [3.05, 3.63) is 24.6 Å². The second kappa shape index (κ2) is 1.34. The maximum absolute atomic E-state index is 3.94. The molecule has 0 saturated heterocycles. The normalized spacial score (nSPS) is 16.5. The fourth-order valence-electron chi connectivity index (χ4n) is 0.951. The summed E-state index contributed by atoms with van der Waals surface area (Å²) in [5.41, 5.74) is 1.14. The van der Waals surface area contributed by atoms with Crippen LogP contribution in [-0.2, 0) is 6.54 Å². The first-order chi connectivity index (χ1) is 3.97. The van der Waals surface area contributed by atoms with Crippen LogP contribution in [0.25, 0.3) is 0 Å². The monoisotopic (exact) mass is 106 g/mol. The topological polar surface area (TPSA) is 17.8 Å². The first kappa shape index (κ1) is 4.13. The van der Waals surface area contributed by atoms with E-state index in [2.05, 4.69) is 16.0 Å². The van der Waals surface area contributed by atoms with Crippen molar-refractivity contribution in [2.24, 2.45) is 0 Å². The first-order valence-corrected chi connectivity index (χ1v) is 2.71. The van der Waals surface area contributed by atoms with Crippen LogP contribution in [0, 0.1) is 6.42 Å². The first-order valence-electron chi connectivity index (χ1n) is 2.71. The minimum Gasteiger partial charge on any atom is -0.334 e. The van der Waals surface area contributed by atoms with Crippen molar-refractivity contribution in [2.75, 3.05) is 0 Å². The lowest BCUT2D eigenvalue weighted by molar-refractivity contribution is 0.756. The van der Waals surface area contributed by atoms with Crippen LogP contribution in [-0.4, -0.2) is 9.55 Å². The summed E-state index contributed by atoms with van der Waals surface area (Å²) in [6.45, 7) is 1.06. The third kappa shape index (κ3) is 0.399. The Bertz CT molecular complexity index is 172. The van der Waals surface area contributed by atoms with Crippen LogP contribution in [0.15, 0.2) is 12.5 Å². The highest BCUT2D eigenvalue weighted by atomic mass is 15.1. The van der Waals surface area contributed by atoms with Gasteiger partial charge in [-0.05, 0) is 6.42 Å². The van der Waals surface area contributed by atoms with Crippen molar-refractivity contribution in [1.29, 1.82) is 0 Å². The summed E-state index contributed by atoms with van der Waals surface area (Å²) in [5.74, 6) is 0. The van der Waals surface area contributed by atoms with Gasteiger partial charge >= 0.3 is 0 Å². The molecule has 8 heavy (non-hydrogen) atoms. The van der Waals surface area contributed by atoms with Gasteiger partial charge in [0.05, 0.1) is 6.33 Å². The van der Waals surface area contributed by atoms with Gasteiger partial charge in [-0.15, -0.1) is 0 Å². The van der Waals surface area contributed by atoms with Gasteiger partial charge in [-0.2, -0.15) is 0 Å². The molecule has 0 atom stereocenters. The van der Waals surface area contributed by atoms with Crippen LogP contribution >= 0.6 is 0 Å². The van der Waals surface area contributed by atoms with Gasteiger partial charge in [0.1, 0.15) is 0 Å². The Labute approximate surface area is 48.2 Å². The van der Waals surface area contributed by atoms with Crippen LogP contribution in [0.1, 0.15) is 12.1 Å². The third-order valence-corrected chi connectivity index (χ3v) is 1.37. The highest BCUT2D eigenvalue weighted by Gasteiger charge is 2.08. The number of hydrogen-bond acceptors (Lipinski definition) is 1. The molecule has 0 spiro atoms. The van der Waals surface area contributed by atoms with Crippen molar-refractivity contribution in [3.8, 4) is 0 Å². The van der Waals surface area contributed by atoms with E-state index in [0.717, 1.165) is 18.7 Å². The second-order valence-electron chi connectivity index (χ2n) is 1.90. The zero-order chi connectivity index (χ0) is 5.40. The van der Waals surface area contributed by atoms with E-state index in [1.807, 2.05) is 12.5 Å². The number of aryl methyl sites for hydroxylation is 1. The summed E-state index contributed by atoms with van der Waals surface area (Å²) < 4.78 is 2.10. The molecule has 40 valence electrons. The lowest BCUT2D eigenvalue weighted by atomic mass is 10.3. The molecule has 2 radical (unpaired) electrons. The predicted octanol–water partition coefficient (Wildman–Crippen LogP) is 0.716. The Kier molecular flexibility index (Phi) is 0.692. The summed E-state index contributed by atoms with van der Waals surface area (Å²) in [7, 11) is 0. The van der Waals surface area contributed by atoms with Gasteiger partial charge in [0.25, 0.3) is 0 Å². The number of aromatic nitrogens is 2. The number of nitrogens with zero attached hydrogens (tertiary/aromatic N) is 2. The van der Waals surface area contributed by atoms with Crippen molar-refractivity contribution in [2.45, 2.75) is 13.0 Å². The van der Waals surface area contributed by atoms with Crippen LogP contribution < -0.4 is 0 Å². The molecular weight excluding hydrogens is 100 g/mol. The maximum Gasteiger partial charge on any atom is 0.0948 e. The molecule has 0 bridgehead atoms. The fraction of sp³-hybridized carbons (Fsp3) is 0.333. The zero-order valence-electron chi connectivity index (χ0n) is 4.46. The molecule has 1 aliphatic heterocycles. The highest BCUT2D eigenvalue weighted by molar-refractivity contribution is 5.13. The van der Waals surface area contributed by atoms with Crippen molar-refractivity contribution >= 4 is 0 Å². The molecular formula is C6H6N2. The SMILES string of the molecule is [C]1CCn2cncc21. The van der Waals surface area contributed by atoms with Gasteiger partial charge in [-0.25, -0.2) is 4.98 Å². The average molecular weight is 106 g/mol. The summed E-state index contributed by atoms with van der Waals surface area (Å²) in [5, 5.41) is 0. The van der Waals surface area contributed by atoms with Crippen LogP contribution in [0.4, 0.5) is 0 Å². The predicted molar refractivity (Wildman–Crippen MR) is 29.2 cm³/mol. The summed E-state index contributed by atoms with van der Waals surface area (Å²) in [6, 6.07) is 0. The van der Waals surface area contributed by atoms with E-state index in [1.54, 1.807) is 0 Å². The number of rotatable bonds is 0.